The highest BCUT2D eigenvalue weighted by molar-refractivity contribution is 8.00. The molecule has 2 aliphatic heterocycles. The third-order valence-electron chi connectivity index (χ3n) is 4.38. The summed E-state index contributed by atoms with van der Waals surface area (Å²) in [6, 6.07) is 6.55. The third-order valence-corrected chi connectivity index (χ3v) is 5.72. The van der Waals surface area contributed by atoms with Crippen LogP contribution in [0, 0.1) is 0 Å². The first kappa shape index (κ1) is 18.4. The highest BCUT2D eigenvalue weighted by Crippen LogP contribution is 2.40. The van der Waals surface area contributed by atoms with E-state index in [1.54, 1.807) is 0 Å². The number of β-lactam (4-membered cyclic amide) rings is 1. The number of thioether (sulfide) groups is 1. The van der Waals surface area contributed by atoms with E-state index in [1.165, 1.54) is 11.8 Å². The summed E-state index contributed by atoms with van der Waals surface area (Å²) >= 11 is 1.33. The lowest BCUT2D eigenvalue weighted by atomic mass is 10.0. The van der Waals surface area contributed by atoms with Crippen molar-refractivity contribution in [2.75, 3.05) is 12.4 Å². The van der Waals surface area contributed by atoms with E-state index in [1.807, 2.05) is 24.3 Å². The topological polar surface area (TPSA) is 133 Å². The van der Waals surface area contributed by atoms with Crippen LogP contribution in [0.3, 0.4) is 0 Å². The van der Waals surface area contributed by atoms with Crippen LogP contribution in [0.5, 0.6) is 0 Å². The van der Waals surface area contributed by atoms with Crippen molar-refractivity contribution < 1.29 is 24.6 Å². The molecule has 8 nitrogen and oxygen atoms in total. The van der Waals surface area contributed by atoms with Crippen molar-refractivity contribution in [1.82, 2.24) is 10.2 Å². The molecule has 2 atom stereocenters. The van der Waals surface area contributed by atoms with Crippen LogP contribution < -0.4 is 11.1 Å². The molecule has 26 heavy (non-hydrogen) atoms. The Kier molecular flexibility index (Phi) is 5.30. The molecule has 2 amide bonds. The number of aliphatic hydroxyl groups is 1. The van der Waals surface area contributed by atoms with E-state index in [0.717, 1.165) is 16.0 Å². The average Bonchev–Trinajstić information content (AvgIpc) is 2.65. The molecule has 3 rings (SSSR count). The lowest BCUT2D eigenvalue weighted by molar-refractivity contribution is -0.150. The Balaban J connectivity index is 1.65. The Bertz CT molecular complexity index is 777. The molecule has 9 heteroatoms. The molecule has 0 aromatic heterocycles. The number of nitrogens with one attached hydrogen (secondary N) is 1. The van der Waals surface area contributed by atoms with Gasteiger partial charge in [-0.15, -0.1) is 11.8 Å². The molecule has 0 saturated carbocycles. The molecule has 0 bridgehead atoms. The molecule has 1 saturated heterocycles. The van der Waals surface area contributed by atoms with E-state index in [0.29, 0.717) is 17.9 Å². The normalized spacial score (nSPS) is 21.9. The maximum Gasteiger partial charge on any atom is 0.352 e. The Morgan fingerprint density at radius 2 is 1.92 bits per heavy atom. The number of rotatable bonds is 6. The van der Waals surface area contributed by atoms with Crippen LogP contribution in [-0.4, -0.2) is 56.7 Å². The monoisotopic (exact) mass is 377 g/mol. The van der Waals surface area contributed by atoms with Gasteiger partial charge in [0.05, 0.1) is 13.0 Å². The number of amides is 2. The zero-order valence-corrected chi connectivity index (χ0v) is 14.7. The number of carbonyl (C=O) groups is 3. The van der Waals surface area contributed by atoms with Crippen molar-refractivity contribution in [2.45, 2.75) is 24.4 Å². The number of carboxylic acid groups (broad SMARTS) is 1. The van der Waals surface area contributed by atoms with Crippen molar-refractivity contribution in [2.24, 2.45) is 5.73 Å². The highest BCUT2D eigenvalue weighted by atomic mass is 32.2. The SMILES string of the molecule is NCc1ccc(CC(=O)NC2C(=O)N3C(C(=O)O)=C(CO)CS[C@@H]23)cc1. The van der Waals surface area contributed by atoms with Crippen LogP contribution in [0.15, 0.2) is 35.5 Å². The molecule has 138 valence electrons. The summed E-state index contributed by atoms with van der Waals surface area (Å²) in [4.78, 5) is 37.1. The van der Waals surface area contributed by atoms with Crippen molar-refractivity contribution in [1.29, 1.82) is 0 Å². The van der Waals surface area contributed by atoms with Crippen molar-refractivity contribution in [3.63, 3.8) is 0 Å². The number of fused-ring (bicyclic) bond motifs is 1. The van der Waals surface area contributed by atoms with Crippen LogP contribution in [0.2, 0.25) is 0 Å². The van der Waals surface area contributed by atoms with Gasteiger partial charge in [-0.25, -0.2) is 4.79 Å². The summed E-state index contributed by atoms with van der Waals surface area (Å²) < 4.78 is 0. The van der Waals surface area contributed by atoms with Crippen molar-refractivity contribution in [3.8, 4) is 0 Å². The van der Waals surface area contributed by atoms with Gasteiger partial charge in [0.15, 0.2) is 0 Å². The number of aliphatic carboxylic acids is 1. The lowest BCUT2D eigenvalue weighted by Gasteiger charge is -2.49. The van der Waals surface area contributed by atoms with E-state index in [4.69, 9.17) is 5.73 Å². The fraction of sp³-hybridized carbons (Fsp3) is 0.353. The Morgan fingerprint density at radius 3 is 2.50 bits per heavy atom. The van der Waals surface area contributed by atoms with Crippen LogP contribution in [0.4, 0.5) is 0 Å². The minimum Gasteiger partial charge on any atom is -0.477 e. The van der Waals surface area contributed by atoms with Crippen molar-refractivity contribution >= 4 is 29.5 Å². The first-order valence-corrected chi connectivity index (χ1v) is 9.09. The summed E-state index contributed by atoms with van der Waals surface area (Å²) in [5.41, 5.74) is 7.43. The number of hydrogen-bond donors (Lipinski definition) is 4. The van der Waals surface area contributed by atoms with Crippen molar-refractivity contribution in [3.05, 3.63) is 46.7 Å². The maximum atomic E-state index is 12.3. The van der Waals surface area contributed by atoms with Gasteiger partial charge < -0.3 is 21.3 Å². The fourth-order valence-electron chi connectivity index (χ4n) is 3.01. The number of nitrogens with two attached hydrogens (primary N) is 1. The second-order valence-corrected chi connectivity index (χ2v) is 7.17. The lowest BCUT2D eigenvalue weighted by Crippen LogP contribution is -2.70. The predicted octanol–water partition coefficient (Wildman–Crippen LogP) is -0.581. The van der Waals surface area contributed by atoms with Gasteiger partial charge in [-0.3, -0.25) is 14.5 Å². The largest absolute Gasteiger partial charge is 0.477 e. The first-order valence-electron chi connectivity index (χ1n) is 8.04. The van der Waals surface area contributed by atoms with Gasteiger partial charge in [-0.05, 0) is 16.7 Å². The summed E-state index contributed by atoms with van der Waals surface area (Å²) in [6.07, 6.45) is 0.121. The number of carbonyl (C=O) groups excluding carboxylic acids is 2. The molecule has 1 fully saturated rings. The molecule has 5 N–H and O–H groups in total. The van der Waals surface area contributed by atoms with Crippen LogP contribution in [-0.2, 0) is 27.3 Å². The average molecular weight is 377 g/mol. The summed E-state index contributed by atoms with van der Waals surface area (Å²) in [5, 5.41) is 20.8. The van der Waals surface area contributed by atoms with E-state index >= 15 is 0 Å². The number of nitrogens with zero attached hydrogens (tertiary/aromatic N) is 1. The molecule has 1 aromatic carbocycles. The van der Waals surface area contributed by atoms with Crippen LogP contribution in [0.1, 0.15) is 11.1 Å². The Morgan fingerprint density at radius 1 is 1.27 bits per heavy atom. The maximum absolute atomic E-state index is 12.3. The zero-order chi connectivity index (χ0) is 18.8. The number of carboxylic acids is 1. The minimum atomic E-state index is -1.25. The van der Waals surface area contributed by atoms with Gasteiger partial charge in [0.1, 0.15) is 17.1 Å². The Hall–Kier alpha value is -2.36. The summed E-state index contributed by atoms with van der Waals surface area (Å²) in [6.45, 7) is 0.00794. The molecule has 2 heterocycles. The second kappa shape index (κ2) is 7.48. The van der Waals surface area contributed by atoms with E-state index in [9.17, 15) is 24.6 Å². The summed E-state index contributed by atoms with van der Waals surface area (Å²) in [5.74, 6) is -1.73. The third kappa shape index (κ3) is 3.33. The smallest absolute Gasteiger partial charge is 0.352 e. The quantitative estimate of drug-likeness (QED) is 0.487. The van der Waals surface area contributed by atoms with Gasteiger partial charge in [-0.1, -0.05) is 24.3 Å². The number of benzene rings is 1. The second-order valence-electron chi connectivity index (χ2n) is 6.07. The van der Waals surface area contributed by atoms with Crippen LogP contribution in [0.25, 0.3) is 0 Å². The van der Waals surface area contributed by atoms with Crippen LogP contribution >= 0.6 is 11.8 Å². The molecular formula is C17H19N3O5S. The van der Waals surface area contributed by atoms with Gasteiger partial charge in [0.25, 0.3) is 5.91 Å². The standard InChI is InChI=1S/C17H19N3O5S/c18-6-10-3-1-9(2-4-10)5-12(22)19-13-15(23)20-14(17(24)25)11(7-21)8-26-16(13)20/h1-4,13,16,21H,5-8,18H2,(H,19,22)(H,24,25)/t13?,16-/m0/s1. The molecule has 2 aliphatic rings. The number of hydrogen-bond acceptors (Lipinski definition) is 6. The molecule has 1 aromatic rings. The van der Waals surface area contributed by atoms with Gasteiger partial charge >= 0.3 is 5.97 Å². The highest BCUT2D eigenvalue weighted by Gasteiger charge is 2.54. The van der Waals surface area contributed by atoms with Gasteiger partial charge in [0, 0.05) is 12.3 Å². The zero-order valence-electron chi connectivity index (χ0n) is 13.8. The molecular weight excluding hydrogens is 358 g/mol. The van der Waals surface area contributed by atoms with E-state index < -0.39 is 29.9 Å². The number of aliphatic hydroxyl groups excluding tert-OH is 1. The van der Waals surface area contributed by atoms with Gasteiger partial charge in [-0.2, -0.15) is 0 Å². The Labute approximate surface area is 154 Å². The predicted molar refractivity (Wildman–Crippen MR) is 94.8 cm³/mol. The summed E-state index contributed by atoms with van der Waals surface area (Å²) in [7, 11) is 0. The van der Waals surface area contributed by atoms with E-state index in [-0.39, 0.29) is 18.0 Å². The van der Waals surface area contributed by atoms with E-state index in [2.05, 4.69) is 5.32 Å². The molecule has 0 radical (unpaired) electrons. The minimum absolute atomic E-state index is 0.121. The molecule has 1 unspecified atom stereocenters. The fourth-order valence-corrected chi connectivity index (χ4v) is 4.34. The first-order chi connectivity index (χ1) is 12.5. The van der Waals surface area contributed by atoms with Gasteiger partial charge in [0.2, 0.25) is 5.91 Å². The molecule has 0 spiro atoms. The molecule has 0 aliphatic carbocycles.